The molecular weight excluding hydrogens is 306 g/mol. The minimum atomic E-state index is -0.338. The molecule has 24 heavy (non-hydrogen) atoms. The largest absolute Gasteiger partial charge is 0.336 e. The first kappa shape index (κ1) is 14.6. The topological polar surface area (TPSA) is 81.7 Å². The molecule has 4 rings (SSSR count). The van der Waals surface area contributed by atoms with Crippen LogP contribution >= 0.6 is 0 Å². The summed E-state index contributed by atoms with van der Waals surface area (Å²) >= 11 is 0. The first-order valence-electron chi connectivity index (χ1n) is 7.76. The van der Waals surface area contributed by atoms with Gasteiger partial charge in [-0.05, 0) is 5.56 Å². The Hall–Kier alpha value is -3.03. The predicted molar refractivity (Wildman–Crippen MR) is 84.8 cm³/mol. The molecule has 1 aliphatic rings. The number of hydrogen-bond acceptors (Lipinski definition) is 5. The minimum absolute atomic E-state index is 0.0750. The van der Waals surface area contributed by atoms with Crippen LogP contribution in [0.3, 0.4) is 0 Å². The van der Waals surface area contributed by atoms with Crippen LogP contribution in [0.2, 0.25) is 0 Å². The average molecular weight is 323 g/mol. The molecule has 1 aromatic carbocycles. The molecule has 0 saturated carbocycles. The summed E-state index contributed by atoms with van der Waals surface area (Å²) in [6.45, 7) is 0.907. The van der Waals surface area contributed by atoms with Gasteiger partial charge >= 0.3 is 0 Å². The molecule has 0 fully saturated rings. The number of likely N-dealkylation sites (N-methyl/N-ethyl adjacent to an activating group) is 1. The van der Waals surface area contributed by atoms with Crippen molar-refractivity contribution < 1.29 is 4.79 Å². The number of benzene rings is 1. The third-order valence-corrected chi connectivity index (χ3v) is 4.23. The molecule has 0 saturated heterocycles. The lowest BCUT2D eigenvalue weighted by Gasteiger charge is -2.31. The molecule has 0 spiro atoms. The molecule has 1 aliphatic heterocycles. The van der Waals surface area contributed by atoms with Crippen LogP contribution in [0.1, 0.15) is 23.3 Å². The zero-order valence-electron chi connectivity index (χ0n) is 13.3. The fraction of sp³-hybridized carbons (Fsp3) is 0.312. The van der Waals surface area contributed by atoms with Crippen molar-refractivity contribution in [2.45, 2.75) is 25.6 Å². The third kappa shape index (κ3) is 2.55. The smallest absolute Gasteiger partial charge is 0.246 e. The number of rotatable bonds is 4. The van der Waals surface area contributed by atoms with Gasteiger partial charge in [0.25, 0.3) is 0 Å². The molecule has 3 heterocycles. The van der Waals surface area contributed by atoms with E-state index in [1.165, 1.54) is 6.33 Å². The zero-order valence-corrected chi connectivity index (χ0v) is 13.3. The van der Waals surface area contributed by atoms with Crippen LogP contribution in [-0.2, 0) is 24.3 Å². The van der Waals surface area contributed by atoms with Gasteiger partial charge < -0.3 is 4.90 Å². The number of aromatic nitrogens is 6. The van der Waals surface area contributed by atoms with Crippen molar-refractivity contribution in [2.24, 2.45) is 0 Å². The van der Waals surface area contributed by atoms with E-state index in [0.29, 0.717) is 19.5 Å². The summed E-state index contributed by atoms with van der Waals surface area (Å²) in [5.41, 5.74) is 1.11. The first-order valence-corrected chi connectivity index (χ1v) is 7.76. The summed E-state index contributed by atoms with van der Waals surface area (Å²) in [5, 5.41) is 12.7. The Labute approximate surface area is 138 Å². The molecule has 1 atom stereocenters. The van der Waals surface area contributed by atoms with E-state index in [-0.39, 0.29) is 11.9 Å². The highest BCUT2D eigenvalue weighted by atomic mass is 16.2. The highest BCUT2D eigenvalue weighted by Crippen LogP contribution is 2.26. The summed E-state index contributed by atoms with van der Waals surface area (Å²) in [4.78, 5) is 18.4. The number of hydrogen-bond donors (Lipinski definition) is 0. The molecule has 0 N–H and O–H groups in total. The van der Waals surface area contributed by atoms with Crippen molar-refractivity contribution in [3.8, 4) is 0 Å². The van der Waals surface area contributed by atoms with Gasteiger partial charge in [-0.15, -0.1) is 10.2 Å². The number of fused-ring (bicyclic) bond motifs is 1. The van der Waals surface area contributed by atoms with E-state index in [2.05, 4.69) is 20.3 Å². The highest BCUT2D eigenvalue weighted by Gasteiger charge is 2.34. The monoisotopic (exact) mass is 323 g/mol. The van der Waals surface area contributed by atoms with Gasteiger partial charge in [0.2, 0.25) is 5.91 Å². The van der Waals surface area contributed by atoms with Crippen LogP contribution in [0.15, 0.2) is 43.0 Å². The molecule has 0 bridgehead atoms. The SMILES string of the molecule is CN1Cc2nnc(Cn3cncn3)n2[C@@H](Cc2ccccc2)C1=O. The van der Waals surface area contributed by atoms with Crippen molar-refractivity contribution >= 4 is 5.91 Å². The van der Waals surface area contributed by atoms with Gasteiger partial charge in [-0.25, -0.2) is 9.67 Å². The summed E-state index contributed by atoms with van der Waals surface area (Å²) < 4.78 is 3.64. The van der Waals surface area contributed by atoms with Crippen LogP contribution in [0.5, 0.6) is 0 Å². The predicted octanol–water partition coefficient (Wildman–Crippen LogP) is 0.674. The number of nitrogens with zero attached hydrogens (tertiary/aromatic N) is 7. The number of carbonyl (C=O) groups excluding carboxylic acids is 1. The molecule has 122 valence electrons. The van der Waals surface area contributed by atoms with Crippen molar-refractivity contribution in [1.82, 2.24) is 34.4 Å². The van der Waals surface area contributed by atoms with Crippen molar-refractivity contribution in [3.63, 3.8) is 0 Å². The normalized spacial score (nSPS) is 17.1. The van der Waals surface area contributed by atoms with Crippen molar-refractivity contribution in [1.29, 1.82) is 0 Å². The molecule has 0 unspecified atom stereocenters. The van der Waals surface area contributed by atoms with Crippen LogP contribution in [0.4, 0.5) is 0 Å². The van der Waals surface area contributed by atoms with Crippen LogP contribution in [0.25, 0.3) is 0 Å². The molecule has 1 amide bonds. The fourth-order valence-corrected chi connectivity index (χ4v) is 3.07. The molecule has 0 radical (unpaired) electrons. The molecule has 8 heteroatoms. The van der Waals surface area contributed by atoms with E-state index in [9.17, 15) is 4.79 Å². The highest BCUT2D eigenvalue weighted by molar-refractivity contribution is 5.81. The summed E-state index contributed by atoms with van der Waals surface area (Å²) in [7, 11) is 1.80. The lowest BCUT2D eigenvalue weighted by molar-refractivity contribution is -0.136. The zero-order chi connectivity index (χ0) is 16.5. The lowest BCUT2D eigenvalue weighted by atomic mass is 10.0. The Kier molecular flexibility index (Phi) is 3.56. The maximum absolute atomic E-state index is 12.8. The van der Waals surface area contributed by atoms with Gasteiger partial charge in [0, 0.05) is 13.5 Å². The fourth-order valence-electron chi connectivity index (χ4n) is 3.07. The second-order valence-electron chi connectivity index (χ2n) is 5.90. The quantitative estimate of drug-likeness (QED) is 0.705. The molecule has 3 aromatic rings. The van der Waals surface area contributed by atoms with E-state index >= 15 is 0 Å². The Morgan fingerprint density at radius 3 is 2.79 bits per heavy atom. The number of carbonyl (C=O) groups is 1. The van der Waals surface area contributed by atoms with Gasteiger partial charge in [-0.3, -0.25) is 9.36 Å². The average Bonchev–Trinajstić information content (AvgIpc) is 3.23. The van der Waals surface area contributed by atoms with Crippen LogP contribution in [0, 0.1) is 0 Å². The summed E-state index contributed by atoms with van der Waals surface area (Å²) in [5.74, 6) is 1.59. The van der Waals surface area contributed by atoms with Gasteiger partial charge in [0.1, 0.15) is 25.2 Å². The van der Waals surface area contributed by atoms with E-state index in [1.807, 2.05) is 34.9 Å². The molecule has 8 nitrogen and oxygen atoms in total. The van der Waals surface area contributed by atoms with E-state index < -0.39 is 0 Å². The standard InChI is InChI=1S/C16H17N7O/c1-21-8-14-19-20-15(9-22-11-17-10-18-22)23(14)13(16(21)24)7-12-5-3-2-4-6-12/h2-6,10-11,13H,7-9H2,1H3/t13-/m0/s1. The summed E-state index contributed by atoms with van der Waals surface area (Å²) in [6.07, 6.45) is 3.72. The van der Waals surface area contributed by atoms with Gasteiger partial charge in [0.05, 0.1) is 6.54 Å². The van der Waals surface area contributed by atoms with Gasteiger partial charge in [0.15, 0.2) is 11.6 Å². The molecule has 0 aliphatic carbocycles. The summed E-state index contributed by atoms with van der Waals surface area (Å²) in [6, 6.07) is 9.66. The van der Waals surface area contributed by atoms with E-state index in [1.54, 1.807) is 23.0 Å². The Bertz CT molecular complexity index is 841. The lowest BCUT2D eigenvalue weighted by Crippen LogP contribution is -2.42. The number of amides is 1. The maximum Gasteiger partial charge on any atom is 0.246 e. The molecule has 2 aromatic heterocycles. The Balaban J connectivity index is 1.71. The van der Waals surface area contributed by atoms with Crippen LogP contribution < -0.4 is 0 Å². The van der Waals surface area contributed by atoms with E-state index in [4.69, 9.17) is 0 Å². The Morgan fingerprint density at radius 1 is 1.21 bits per heavy atom. The van der Waals surface area contributed by atoms with Crippen molar-refractivity contribution in [2.75, 3.05) is 7.05 Å². The maximum atomic E-state index is 12.8. The van der Waals surface area contributed by atoms with Gasteiger partial charge in [-0.1, -0.05) is 30.3 Å². The second kappa shape index (κ2) is 5.88. The minimum Gasteiger partial charge on any atom is -0.336 e. The van der Waals surface area contributed by atoms with Gasteiger partial charge in [-0.2, -0.15) is 5.10 Å². The molecular formula is C16H17N7O. The second-order valence-corrected chi connectivity index (χ2v) is 5.90. The van der Waals surface area contributed by atoms with E-state index in [0.717, 1.165) is 17.2 Å². The van der Waals surface area contributed by atoms with Crippen LogP contribution in [-0.4, -0.2) is 47.4 Å². The van der Waals surface area contributed by atoms with Crippen molar-refractivity contribution in [3.05, 3.63) is 60.2 Å². The Morgan fingerprint density at radius 2 is 2.04 bits per heavy atom. The third-order valence-electron chi connectivity index (χ3n) is 4.23. The first-order chi connectivity index (χ1) is 11.7.